The molecular formula is C30H27FN4O. The molecule has 0 radical (unpaired) electrons. The standard InChI is InChI=1S/C30H27FN4O/c1-20(12-13-22-8-4-3-5-9-22)33-30(36)26-18-29(34-28-11-7-6-10-25(26)28)27-19-32-35(21(27)2)24-16-14-23(31)15-17-24/h3-11,14-20H,12-13H2,1-2H3,(H,33,36)/t20-/m0/s1. The summed E-state index contributed by atoms with van der Waals surface area (Å²) in [5.41, 5.74) is 5.67. The van der Waals surface area contributed by atoms with Gasteiger partial charge in [0.15, 0.2) is 0 Å². The summed E-state index contributed by atoms with van der Waals surface area (Å²) < 4.78 is 15.1. The SMILES string of the molecule is Cc1c(-c2cc(C(=O)N[C@@H](C)CCc3ccccc3)c3ccccc3n2)cnn1-c1ccc(F)cc1. The van der Waals surface area contributed by atoms with E-state index in [9.17, 15) is 9.18 Å². The van der Waals surface area contributed by atoms with Crippen molar-refractivity contribution in [2.75, 3.05) is 0 Å². The summed E-state index contributed by atoms with van der Waals surface area (Å²) in [5.74, 6) is -0.423. The maximum Gasteiger partial charge on any atom is 0.252 e. The highest BCUT2D eigenvalue weighted by Gasteiger charge is 2.18. The first-order chi connectivity index (χ1) is 17.5. The Kier molecular flexibility index (Phi) is 6.58. The summed E-state index contributed by atoms with van der Waals surface area (Å²) in [6.45, 7) is 3.97. The van der Waals surface area contributed by atoms with Crippen LogP contribution < -0.4 is 5.32 Å². The first-order valence-electron chi connectivity index (χ1n) is 12.0. The predicted molar refractivity (Wildman–Crippen MR) is 141 cm³/mol. The largest absolute Gasteiger partial charge is 0.350 e. The van der Waals surface area contributed by atoms with Crippen LogP contribution in [0.25, 0.3) is 27.8 Å². The number of fused-ring (bicyclic) bond motifs is 1. The number of carbonyl (C=O) groups excluding carboxylic acids is 1. The minimum absolute atomic E-state index is 0.0102. The molecular weight excluding hydrogens is 451 g/mol. The molecule has 5 rings (SSSR count). The molecule has 0 aliphatic heterocycles. The highest BCUT2D eigenvalue weighted by atomic mass is 19.1. The minimum Gasteiger partial charge on any atom is -0.350 e. The second-order valence-electron chi connectivity index (χ2n) is 9.00. The lowest BCUT2D eigenvalue weighted by Crippen LogP contribution is -2.33. The smallest absolute Gasteiger partial charge is 0.252 e. The molecule has 0 saturated carbocycles. The van der Waals surface area contributed by atoms with Crippen molar-refractivity contribution < 1.29 is 9.18 Å². The van der Waals surface area contributed by atoms with Gasteiger partial charge in [-0.25, -0.2) is 14.1 Å². The van der Waals surface area contributed by atoms with Crippen LogP contribution in [0.2, 0.25) is 0 Å². The van der Waals surface area contributed by atoms with Gasteiger partial charge >= 0.3 is 0 Å². The molecule has 180 valence electrons. The number of hydrogen-bond acceptors (Lipinski definition) is 3. The van der Waals surface area contributed by atoms with E-state index in [2.05, 4.69) is 22.5 Å². The number of rotatable bonds is 7. The van der Waals surface area contributed by atoms with E-state index in [1.165, 1.54) is 17.7 Å². The molecule has 2 heterocycles. The number of hydrogen-bond donors (Lipinski definition) is 1. The quantitative estimate of drug-likeness (QED) is 0.299. The number of halogens is 1. The zero-order valence-corrected chi connectivity index (χ0v) is 20.3. The molecule has 1 atom stereocenters. The molecule has 0 fully saturated rings. The van der Waals surface area contributed by atoms with E-state index in [1.807, 2.05) is 62.4 Å². The van der Waals surface area contributed by atoms with Gasteiger partial charge in [-0.15, -0.1) is 0 Å². The predicted octanol–water partition coefficient (Wildman–Crippen LogP) is 6.29. The van der Waals surface area contributed by atoms with Crippen molar-refractivity contribution in [3.05, 3.63) is 114 Å². The number of pyridine rings is 1. The fraction of sp³-hybridized carbons (Fsp3) is 0.167. The van der Waals surface area contributed by atoms with E-state index in [1.54, 1.807) is 23.0 Å². The Labute approximate surface area is 209 Å². The number of carbonyl (C=O) groups is 1. The number of aromatic nitrogens is 3. The average molecular weight is 479 g/mol. The van der Waals surface area contributed by atoms with Crippen LogP contribution in [0.1, 0.15) is 35.0 Å². The number of nitrogens with zero attached hydrogens (tertiary/aromatic N) is 3. The van der Waals surface area contributed by atoms with Crippen molar-refractivity contribution >= 4 is 16.8 Å². The zero-order chi connectivity index (χ0) is 25.1. The number of benzene rings is 3. The second-order valence-corrected chi connectivity index (χ2v) is 9.00. The first-order valence-corrected chi connectivity index (χ1v) is 12.0. The molecule has 0 bridgehead atoms. The van der Waals surface area contributed by atoms with Gasteiger partial charge in [-0.3, -0.25) is 4.79 Å². The van der Waals surface area contributed by atoms with Gasteiger partial charge < -0.3 is 5.32 Å². The summed E-state index contributed by atoms with van der Waals surface area (Å²) >= 11 is 0. The van der Waals surface area contributed by atoms with Crippen molar-refractivity contribution in [2.24, 2.45) is 0 Å². The Morgan fingerprint density at radius 3 is 2.50 bits per heavy atom. The fourth-order valence-electron chi connectivity index (χ4n) is 4.41. The Hall–Kier alpha value is -4.32. The van der Waals surface area contributed by atoms with Crippen LogP contribution in [0.4, 0.5) is 4.39 Å². The lowest BCUT2D eigenvalue weighted by molar-refractivity contribution is 0.0940. The summed E-state index contributed by atoms with van der Waals surface area (Å²) in [6, 6.07) is 26.0. The van der Waals surface area contributed by atoms with Crippen molar-refractivity contribution in [3.63, 3.8) is 0 Å². The zero-order valence-electron chi connectivity index (χ0n) is 20.3. The molecule has 5 aromatic rings. The summed E-state index contributed by atoms with van der Waals surface area (Å²) in [7, 11) is 0. The van der Waals surface area contributed by atoms with Gasteiger partial charge in [0.1, 0.15) is 5.82 Å². The van der Waals surface area contributed by atoms with Gasteiger partial charge in [0, 0.05) is 17.0 Å². The summed E-state index contributed by atoms with van der Waals surface area (Å²) in [6.07, 6.45) is 3.47. The Morgan fingerprint density at radius 1 is 1.00 bits per heavy atom. The number of nitrogens with one attached hydrogen (secondary N) is 1. The number of amides is 1. The van der Waals surface area contributed by atoms with E-state index in [0.29, 0.717) is 11.3 Å². The van der Waals surface area contributed by atoms with E-state index >= 15 is 0 Å². The molecule has 0 spiro atoms. The van der Waals surface area contributed by atoms with Gasteiger partial charge in [0.05, 0.1) is 34.4 Å². The molecule has 0 aliphatic carbocycles. The molecule has 3 aromatic carbocycles. The van der Waals surface area contributed by atoms with Crippen molar-refractivity contribution in [1.29, 1.82) is 0 Å². The minimum atomic E-state index is -0.298. The third-order valence-corrected chi connectivity index (χ3v) is 6.40. The molecule has 6 heteroatoms. The van der Waals surface area contributed by atoms with Crippen LogP contribution in [0.15, 0.2) is 91.1 Å². The molecule has 36 heavy (non-hydrogen) atoms. The Balaban J connectivity index is 1.44. The van der Waals surface area contributed by atoms with Gasteiger partial charge in [-0.05, 0) is 68.7 Å². The van der Waals surface area contributed by atoms with E-state index in [0.717, 1.165) is 40.7 Å². The molecule has 1 amide bonds. The monoisotopic (exact) mass is 478 g/mol. The molecule has 0 unspecified atom stereocenters. The van der Waals surface area contributed by atoms with Crippen LogP contribution in [-0.4, -0.2) is 26.7 Å². The third kappa shape index (κ3) is 4.89. The first kappa shape index (κ1) is 23.4. The molecule has 0 saturated heterocycles. The molecule has 0 aliphatic rings. The normalized spacial score (nSPS) is 12.0. The van der Waals surface area contributed by atoms with Crippen LogP contribution in [0, 0.1) is 12.7 Å². The van der Waals surface area contributed by atoms with Crippen molar-refractivity contribution in [3.8, 4) is 16.9 Å². The summed E-state index contributed by atoms with van der Waals surface area (Å²) in [5, 5.41) is 8.47. The molecule has 2 aromatic heterocycles. The Bertz CT molecular complexity index is 1510. The highest BCUT2D eigenvalue weighted by Crippen LogP contribution is 2.28. The van der Waals surface area contributed by atoms with Crippen molar-refractivity contribution in [2.45, 2.75) is 32.7 Å². The highest BCUT2D eigenvalue weighted by molar-refractivity contribution is 6.07. The average Bonchev–Trinajstić information content (AvgIpc) is 3.29. The fourth-order valence-corrected chi connectivity index (χ4v) is 4.41. The van der Waals surface area contributed by atoms with Crippen LogP contribution >= 0.6 is 0 Å². The van der Waals surface area contributed by atoms with Gasteiger partial charge in [-0.1, -0.05) is 48.5 Å². The topological polar surface area (TPSA) is 59.8 Å². The summed E-state index contributed by atoms with van der Waals surface area (Å²) in [4.78, 5) is 18.2. The lowest BCUT2D eigenvalue weighted by Gasteiger charge is -2.16. The van der Waals surface area contributed by atoms with Gasteiger partial charge in [0.2, 0.25) is 0 Å². The van der Waals surface area contributed by atoms with Crippen LogP contribution in [0.3, 0.4) is 0 Å². The maximum absolute atomic E-state index is 13.4. The number of aryl methyl sites for hydroxylation is 1. The van der Waals surface area contributed by atoms with E-state index < -0.39 is 0 Å². The number of para-hydroxylation sites is 1. The molecule has 5 nitrogen and oxygen atoms in total. The van der Waals surface area contributed by atoms with Crippen LogP contribution in [0.5, 0.6) is 0 Å². The van der Waals surface area contributed by atoms with Gasteiger partial charge in [-0.2, -0.15) is 5.10 Å². The maximum atomic E-state index is 13.4. The van der Waals surface area contributed by atoms with Crippen molar-refractivity contribution in [1.82, 2.24) is 20.1 Å². The molecule has 1 N–H and O–H groups in total. The van der Waals surface area contributed by atoms with Crippen LogP contribution in [-0.2, 0) is 6.42 Å². The van der Waals surface area contributed by atoms with E-state index in [-0.39, 0.29) is 17.8 Å². The van der Waals surface area contributed by atoms with E-state index in [4.69, 9.17) is 4.98 Å². The third-order valence-electron chi connectivity index (χ3n) is 6.40. The Morgan fingerprint density at radius 2 is 1.72 bits per heavy atom. The van der Waals surface area contributed by atoms with Gasteiger partial charge in [0.25, 0.3) is 5.91 Å². The second kappa shape index (κ2) is 10.1. The lowest BCUT2D eigenvalue weighted by atomic mass is 10.0.